The Bertz CT molecular complexity index is 674. The summed E-state index contributed by atoms with van der Waals surface area (Å²) in [5.41, 5.74) is 6.50. The largest absolute Gasteiger partial charge is 0.271 e. The highest BCUT2D eigenvalue weighted by atomic mass is 32.1. The number of nitrogens with one attached hydrogen (secondary N) is 1. The Kier molecular flexibility index (Phi) is 4.06. The minimum absolute atomic E-state index is 0.119. The molecule has 1 aromatic carbocycles. The Hall–Kier alpha value is -1.75. The summed E-state index contributed by atoms with van der Waals surface area (Å²) in [6.45, 7) is 0. The Labute approximate surface area is 122 Å². The van der Waals surface area contributed by atoms with Gasteiger partial charge in [0.15, 0.2) is 0 Å². The lowest BCUT2D eigenvalue weighted by molar-refractivity contribution is 0.519. The first kappa shape index (κ1) is 13.2. The van der Waals surface area contributed by atoms with Gasteiger partial charge in [-0.1, -0.05) is 24.3 Å². The molecule has 0 spiro atoms. The van der Waals surface area contributed by atoms with Gasteiger partial charge in [-0.05, 0) is 46.9 Å². The average Bonchev–Trinajstić information content (AvgIpc) is 3.01. The summed E-state index contributed by atoms with van der Waals surface area (Å²) in [6.07, 6.45) is 3.81. The Morgan fingerprint density at radius 3 is 2.90 bits per heavy atom. The quantitative estimate of drug-likeness (QED) is 0.557. The third-order valence-corrected chi connectivity index (χ3v) is 4.27. The summed E-state index contributed by atoms with van der Waals surface area (Å²) in [7, 11) is 0. The molecule has 3 rings (SSSR count). The van der Waals surface area contributed by atoms with Crippen LogP contribution >= 0.6 is 11.3 Å². The minimum atomic E-state index is 0.119. The molecule has 0 radical (unpaired) electrons. The fraction of sp³-hybridized carbons (Fsp3) is 0.188. The van der Waals surface area contributed by atoms with Gasteiger partial charge in [-0.15, -0.1) is 0 Å². The normalized spacial score (nSPS) is 12.7. The van der Waals surface area contributed by atoms with Crippen molar-refractivity contribution in [3.8, 4) is 0 Å². The van der Waals surface area contributed by atoms with Crippen LogP contribution in [0.1, 0.15) is 23.6 Å². The number of rotatable bonds is 5. The van der Waals surface area contributed by atoms with E-state index in [9.17, 15) is 0 Å². The number of hydrazine groups is 1. The number of aromatic nitrogens is 1. The molecule has 0 saturated carbocycles. The van der Waals surface area contributed by atoms with Crippen molar-refractivity contribution in [2.45, 2.75) is 18.9 Å². The molecule has 0 amide bonds. The van der Waals surface area contributed by atoms with Crippen molar-refractivity contribution in [1.82, 2.24) is 10.4 Å². The summed E-state index contributed by atoms with van der Waals surface area (Å²) >= 11 is 1.73. The first-order chi connectivity index (χ1) is 9.88. The number of benzene rings is 1. The van der Waals surface area contributed by atoms with Crippen LogP contribution in [-0.2, 0) is 6.42 Å². The van der Waals surface area contributed by atoms with Crippen LogP contribution < -0.4 is 11.3 Å². The molecule has 102 valence electrons. The number of fused-ring (bicyclic) bond motifs is 1. The molecule has 2 aromatic heterocycles. The van der Waals surface area contributed by atoms with Crippen LogP contribution in [0.2, 0.25) is 0 Å². The summed E-state index contributed by atoms with van der Waals surface area (Å²) in [6, 6.07) is 12.6. The first-order valence-corrected chi connectivity index (χ1v) is 7.63. The van der Waals surface area contributed by atoms with Gasteiger partial charge in [-0.3, -0.25) is 16.3 Å². The molecule has 0 saturated heterocycles. The van der Waals surface area contributed by atoms with Gasteiger partial charge < -0.3 is 0 Å². The number of hydrogen-bond acceptors (Lipinski definition) is 4. The molecule has 20 heavy (non-hydrogen) atoms. The van der Waals surface area contributed by atoms with E-state index >= 15 is 0 Å². The standard InChI is InChI=1S/C16H17N3S/c17-19-15(7-6-12-8-10-20-11-12)14-5-1-3-13-4-2-9-18-16(13)14/h1-5,8-11,15,19H,6-7,17H2. The van der Waals surface area contributed by atoms with E-state index in [1.807, 2.05) is 12.3 Å². The lowest BCUT2D eigenvalue weighted by atomic mass is 9.98. The van der Waals surface area contributed by atoms with Crippen LogP contribution in [0.4, 0.5) is 0 Å². The topological polar surface area (TPSA) is 50.9 Å². The maximum Gasteiger partial charge on any atom is 0.0750 e. The molecule has 3 aromatic rings. The number of para-hydroxylation sites is 1. The van der Waals surface area contributed by atoms with Crippen LogP contribution in [-0.4, -0.2) is 4.98 Å². The van der Waals surface area contributed by atoms with Gasteiger partial charge in [0, 0.05) is 17.6 Å². The molecule has 0 aliphatic heterocycles. The average molecular weight is 283 g/mol. The van der Waals surface area contributed by atoms with Gasteiger partial charge in [0.05, 0.1) is 5.52 Å². The third kappa shape index (κ3) is 2.72. The molecule has 4 heteroatoms. The summed E-state index contributed by atoms with van der Waals surface area (Å²) in [5.74, 6) is 5.76. The van der Waals surface area contributed by atoms with E-state index in [0.717, 1.165) is 23.7 Å². The molecular weight excluding hydrogens is 266 g/mol. The van der Waals surface area contributed by atoms with E-state index in [1.165, 1.54) is 11.1 Å². The Balaban J connectivity index is 1.87. The van der Waals surface area contributed by atoms with Crippen molar-refractivity contribution >= 4 is 22.2 Å². The second-order valence-electron chi connectivity index (χ2n) is 4.81. The second-order valence-corrected chi connectivity index (χ2v) is 5.59. The highest BCUT2D eigenvalue weighted by Crippen LogP contribution is 2.25. The molecule has 0 aliphatic carbocycles. The number of nitrogens with two attached hydrogens (primary N) is 1. The molecule has 1 unspecified atom stereocenters. The molecule has 0 fully saturated rings. The second kappa shape index (κ2) is 6.13. The van der Waals surface area contributed by atoms with Gasteiger partial charge >= 0.3 is 0 Å². The molecule has 0 bridgehead atoms. The van der Waals surface area contributed by atoms with Crippen molar-refractivity contribution in [3.63, 3.8) is 0 Å². The highest BCUT2D eigenvalue weighted by Gasteiger charge is 2.13. The van der Waals surface area contributed by atoms with Crippen molar-refractivity contribution < 1.29 is 0 Å². The number of nitrogens with zero attached hydrogens (tertiary/aromatic N) is 1. The predicted molar refractivity (Wildman–Crippen MR) is 84.4 cm³/mol. The van der Waals surface area contributed by atoms with E-state index in [2.05, 4.69) is 51.5 Å². The predicted octanol–water partition coefficient (Wildman–Crippen LogP) is 3.43. The SMILES string of the molecule is NNC(CCc1ccsc1)c1cccc2cccnc12. The summed E-state index contributed by atoms with van der Waals surface area (Å²) in [5, 5.41) is 5.45. The molecule has 2 heterocycles. The maximum atomic E-state index is 5.76. The fourth-order valence-corrected chi connectivity index (χ4v) is 3.19. The number of thiophene rings is 1. The van der Waals surface area contributed by atoms with E-state index in [1.54, 1.807) is 11.3 Å². The van der Waals surface area contributed by atoms with Crippen LogP contribution in [0.25, 0.3) is 10.9 Å². The minimum Gasteiger partial charge on any atom is -0.271 e. The van der Waals surface area contributed by atoms with Crippen LogP contribution in [0, 0.1) is 0 Å². The van der Waals surface area contributed by atoms with Crippen molar-refractivity contribution in [2.24, 2.45) is 5.84 Å². The molecule has 1 atom stereocenters. The van der Waals surface area contributed by atoms with Gasteiger partial charge in [0.1, 0.15) is 0 Å². The summed E-state index contributed by atoms with van der Waals surface area (Å²) < 4.78 is 0. The van der Waals surface area contributed by atoms with Crippen molar-refractivity contribution in [3.05, 3.63) is 64.5 Å². The molecular formula is C16H17N3S. The zero-order valence-electron chi connectivity index (χ0n) is 11.1. The van der Waals surface area contributed by atoms with Crippen LogP contribution in [0.5, 0.6) is 0 Å². The maximum absolute atomic E-state index is 5.76. The number of aryl methyl sites for hydroxylation is 1. The zero-order valence-corrected chi connectivity index (χ0v) is 11.9. The van der Waals surface area contributed by atoms with Crippen molar-refractivity contribution in [2.75, 3.05) is 0 Å². The smallest absolute Gasteiger partial charge is 0.0750 e. The molecule has 3 N–H and O–H groups in total. The molecule has 3 nitrogen and oxygen atoms in total. The number of pyridine rings is 1. The fourth-order valence-electron chi connectivity index (χ4n) is 2.48. The van der Waals surface area contributed by atoms with Gasteiger partial charge in [-0.2, -0.15) is 11.3 Å². The van der Waals surface area contributed by atoms with Gasteiger partial charge in [0.25, 0.3) is 0 Å². The monoisotopic (exact) mass is 283 g/mol. The van der Waals surface area contributed by atoms with Crippen molar-refractivity contribution in [1.29, 1.82) is 0 Å². The first-order valence-electron chi connectivity index (χ1n) is 6.69. The zero-order chi connectivity index (χ0) is 13.8. The Morgan fingerprint density at radius 1 is 1.20 bits per heavy atom. The van der Waals surface area contributed by atoms with Crippen LogP contribution in [0.3, 0.4) is 0 Å². The third-order valence-electron chi connectivity index (χ3n) is 3.54. The lowest BCUT2D eigenvalue weighted by Crippen LogP contribution is -2.28. The van der Waals surface area contributed by atoms with Gasteiger partial charge in [0.2, 0.25) is 0 Å². The van der Waals surface area contributed by atoms with E-state index < -0.39 is 0 Å². The number of hydrogen-bond donors (Lipinski definition) is 2. The van der Waals surface area contributed by atoms with E-state index in [0.29, 0.717) is 0 Å². The van der Waals surface area contributed by atoms with Gasteiger partial charge in [-0.25, -0.2) is 0 Å². The van der Waals surface area contributed by atoms with Crippen LogP contribution in [0.15, 0.2) is 53.4 Å². The lowest BCUT2D eigenvalue weighted by Gasteiger charge is -2.17. The highest BCUT2D eigenvalue weighted by molar-refractivity contribution is 7.07. The summed E-state index contributed by atoms with van der Waals surface area (Å²) in [4.78, 5) is 4.50. The van der Waals surface area contributed by atoms with E-state index in [4.69, 9.17) is 5.84 Å². The molecule has 0 aliphatic rings. The van der Waals surface area contributed by atoms with E-state index in [-0.39, 0.29) is 6.04 Å². The Morgan fingerprint density at radius 2 is 2.10 bits per heavy atom.